The van der Waals surface area contributed by atoms with Crippen molar-refractivity contribution in [1.29, 1.82) is 0 Å². The number of hydrogen-bond donors (Lipinski definition) is 0. The van der Waals surface area contributed by atoms with E-state index in [-0.39, 0.29) is 19.0 Å². The maximum atomic E-state index is 12.7. The lowest BCUT2D eigenvalue weighted by Gasteiger charge is -2.33. The molecule has 0 spiro atoms. The number of carbonyl (C=O) groups is 1. The van der Waals surface area contributed by atoms with Gasteiger partial charge in [0, 0.05) is 31.3 Å². The molecule has 3 rings (SSSR count). The number of aryl methyl sites for hydroxylation is 2. The summed E-state index contributed by atoms with van der Waals surface area (Å²) in [6.07, 6.45) is -2.17. The van der Waals surface area contributed by atoms with Gasteiger partial charge in [0.2, 0.25) is 0 Å². The highest BCUT2D eigenvalue weighted by Crippen LogP contribution is 2.34. The fourth-order valence-corrected chi connectivity index (χ4v) is 3.04. The van der Waals surface area contributed by atoms with E-state index in [2.05, 4.69) is 15.1 Å². The van der Waals surface area contributed by atoms with E-state index in [0.717, 1.165) is 4.90 Å². The summed E-state index contributed by atoms with van der Waals surface area (Å²) in [6.45, 7) is 3.54. The van der Waals surface area contributed by atoms with Gasteiger partial charge in [-0.25, -0.2) is 9.97 Å². The molecular weight excluding hydrogens is 337 g/mol. The highest BCUT2D eigenvalue weighted by atomic mass is 19.4. The van der Waals surface area contributed by atoms with Crippen LogP contribution in [0.15, 0.2) is 16.8 Å². The van der Waals surface area contributed by atoms with E-state index in [1.54, 1.807) is 26.1 Å². The average Bonchev–Trinajstić information content (AvgIpc) is 2.99. The number of carbonyl (C=O) groups excluding carboxylic acids is 1. The number of halogens is 3. The van der Waals surface area contributed by atoms with Crippen molar-refractivity contribution < 1.29 is 22.5 Å². The largest absolute Gasteiger partial charge is 0.471 e. The Labute approximate surface area is 142 Å². The van der Waals surface area contributed by atoms with Crippen LogP contribution in [0.1, 0.15) is 36.0 Å². The summed E-state index contributed by atoms with van der Waals surface area (Å²) >= 11 is 0. The number of alkyl halides is 3. The number of aromatic nitrogens is 3. The maximum absolute atomic E-state index is 12.7. The van der Waals surface area contributed by atoms with Crippen molar-refractivity contribution in [3.63, 3.8) is 0 Å². The highest BCUT2D eigenvalue weighted by Gasteiger charge is 2.44. The van der Waals surface area contributed by atoms with E-state index in [0.29, 0.717) is 41.4 Å². The molecule has 0 aromatic carbocycles. The monoisotopic (exact) mass is 354 g/mol. The summed E-state index contributed by atoms with van der Waals surface area (Å²) in [5.74, 6) is -1.15. The van der Waals surface area contributed by atoms with Gasteiger partial charge in [-0.3, -0.25) is 4.79 Å². The van der Waals surface area contributed by atoms with Crippen LogP contribution < -0.4 is 0 Å². The van der Waals surface area contributed by atoms with E-state index in [1.165, 1.54) is 0 Å². The lowest BCUT2D eigenvalue weighted by molar-refractivity contribution is -0.186. The Kier molecular flexibility index (Phi) is 4.49. The molecule has 1 unspecified atom stereocenters. The number of piperidine rings is 1. The first-order chi connectivity index (χ1) is 11.8. The third kappa shape index (κ3) is 3.64. The molecule has 1 atom stereocenters. The molecule has 25 heavy (non-hydrogen) atoms. The SMILES string of the molecule is Cc1cc(-c2cnc(C)nc2C2CCCN(C(=O)C(F)(F)F)C2)on1. The van der Waals surface area contributed by atoms with Crippen LogP contribution in [0.5, 0.6) is 0 Å². The molecule has 3 heterocycles. The summed E-state index contributed by atoms with van der Waals surface area (Å²) in [4.78, 5) is 21.0. The molecular formula is C16H17F3N4O2. The minimum absolute atomic E-state index is 0.0328. The van der Waals surface area contributed by atoms with Crippen LogP contribution in [0.25, 0.3) is 11.3 Å². The molecule has 6 nitrogen and oxygen atoms in total. The van der Waals surface area contributed by atoms with Gasteiger partial charge in [0.15, 0.2) is 5.76 Å². The Hall–Kier alpha value is -2.45. The van der Waals surface area contributed by atoms with E-state index >= 15 is 0 Å². The van der Waals surface area contributed by atoms with Gasteiger partial charge >= 0.3 is 12.1 Å². The molecule has 0 N–H and O–H groups in total. The normalized spacial score (nSPS) is 18.4. The molecule has 0 radical (unpaired) electrons. The lowest BCUT2D eigenvalue weighted by atomic mass is 9.91. The minimum atomic E-state index is -4.87. The Morgan fingerprint density at radius 2 is 2.12 bits per heavy atom. The third-order valence-corrected chi connectivity index (χ3v) is 4.17. The van der Waals surface area contributed by atoms with E-state index < -0.39 is 12.1 Å². The number of hydrogen-bond acceptors (Lipinski definition) is 5. The molecule has 0 saturated carbocycles. The van der Waals surface area contributed by atoms with Crippen molar-refractivity contribution >= 4 is 5.91 Å². The summed E-state index contributed by atoms with van der Waals surface area (Å²) < 4.78 is 43.5. The molecule has 1 aliphatic rings. The van der Waals surface area contributed by atoms with Crippen molar-refractivity contribution in [1.82, 2.24) is 20.0 Å². The first-order valence-corrected chi connectivity index (χ1v) is 7.89. The second kappa shape index (κ2) is 6.45. The minimum Gasteiger partial charge on any atom is -0.356 e. The summed E-state index contributed by atoms with van der Waals surface area (Å²) in [6, 6.07) is 1.72. The smallest absolute Gasteiger partial charge is 0.356 e. The van der Waals surface area contributed by atoms with Crippen LogP contribution in [-0.2, 0) is 4.79 Å². The van der Waals surface area contributed by atoms with Crippen molar-refractivity contribution in [3.05, 3.63) is 29.5 Å². The zero-order valence-electron chi connectivity index (χ0n) is 13.8. The Bertz CT molecular complexity index is 788. The average molecular weight is 354 g/mol. The Morgan fingerprint density at radius 3 is 2.76 bits per heavy atom. The molecule has 0 aliphatic carbocycles. The van der Waals surface area contributed by atoms with Crippen molar-refractivity contribution in [3.8, 4) is 11.3 Å². The Morgan fingerprint density at radius 1 is 1.36 bits per heavy atom. The number of likely N-dealkylation sites (tertiary alicyclic amines) is 1. The molecule has 0 bridgehead atoms. The maximum Gasteiger partial charge on any atom is 0.471 e. The molecule has 1 fully saturated rings. The second-order valence-electron chi connectivity index (χ2n) is 6.14. The van der Waals surface area contributed by atoms with Gasteiger partial charge in [0.25, 0.3) is 0 Å². The zero-order valence-corrected chi connectivity index (χ0v) is 13.8. The van der Waals surface area contributed by atoms with Crippen LogP contribution in [0, 0.1) is 13.8 Å². The predicted molar refractivity (Wildman–Crippen MR) is 81.6 cm³/mol. The van der Waals surface area contributed by atoms with Crippen LogP contribution in [-0.4, -0.2) is 45.2 Å². The van der Waals surface area contributed by atoms with Crippen molar-refractivity contribution in [2.45, 2.75) is 38.8 Å². The van der Waals surface area contributed by atoms with Gasteiger partial charge in [-0.2, -0.15) is 13.2 Å². The van der Waals surface area contributed by atoms with E-state index in [4.69, 9.17) is 4.52 Å². The van der Waals surface area contributed by atoms with Gasteiger partial charge < -0.3 is 9.42 Å². The predicted octanol–water partition coefficient (Wildman–Crippen LogP) is 3.02. The van der Waals surface area contributed by atoms with Crippen LogP contribution in [0.3, 0.4) is 0 Å². The second-order valence-corrected chi connectivity index (χ2v) is 6.14. The number of nitrogens with zero attached hydrogens (tertiary/aromatic N) is 4. The van der Waals surface area contributed by atoms with E-state index in [9.17, 15) is 18.0 Å². The number of rotatable bonds is 2. The summed E-state index contributed by atoms with van der Waals surface area (Å²) in [5.41, 5.74) is 1.86. The van der Waals surface area contributed by atoms with E-state index in [1.807, 2.05) is 0 Å². The topological polar surface area (TPSA) is 72.1 Å². The summed E-state index contributed by atoms with van der Waals surface area (Å²) in [5, 5.41) is 3.83. The van der Waals surface area contributed by atoms with Crippen molar-refractivity contribution in [2.75, 3.05) is 13.1 Å². The Balaban J connectivity index is 1.93. The van der Waals surface area contributed by atoms with Gasteiger partial charge in [0.05, 0.1) is 17.0 Å². The zero-order chi connectivity index (χ0) is 18.2. The molecule has 2 aromatic rings. The molecule has 2 aromatic heterocycles. The molecule has 9 heteroatoms. The van der Waals surface area contributed by atoms with Gasteiger partial charge in [-0.15, -0.1) is 0 Å². The van der Waals surface area contributed by atoms with Crippen LogP contribution >= 0.6 is 0 Å². The van der Waals surface area contributed by atoms with Crippen LogP contribution in [0.4, 0.5) is 13.2 Å². The first-order valence-electron chi connectivity index (χ1n) is 7.89. The highest BCUT2D eigenvalue weighted by molar-refractivity contribution is 5.82. The van der Waals surface area contributed by atoms with Gasteiger partial charge in [0.1, 0.15) is 5.82 Å². The molecule has 1 saturated heterocycles. The van der Waals surface area contributed by atoms with Crippen LogP contribution in [0.2, 0.25) is 0 Å². The number of amides is 1. The molecule has 1 amide bonds. The fraction of sp³-hybridized carbons (Fsp3) is 0.500. The molecule has 1 aliphatic heterocycles. The van der Waals surface area contributed by atoms with Gasteiger partial charge in [-0.05, 0) is 26.7 Å². The standard InChI is InChI=1S/C16H17F3N4O2/c1-9-6-13(25-22-9)12-7-20-10(2)21-14(12)11-4-3-5-23(8-11)15(24)16(17,18)19/h6-7,11H,3-5,8H2,1-2H3. The lowest BCUT2D eigenvalue weighted by Crippen LogP contribution is -2.46. The van der Waals surface area contributed by atoms with Crippen molar-refractivity contribution in [2.24, 2.45) is 0 Å². The quantitative estimate of drug-likeness (QED) is 0.829. The molecule has 134 valence electrons. The van der Waals surface area contributed by atoms with Gasteiger partial charge in [-0.1, -0.05) is 5.16 Å². The fourth-order valence-electron chi connectivity index (χ4n) is 3.04. The first kappa shape index (κ1) is 17.4. The third-order valence-electron chi connectivity index (χ3n) is 4.17. The summed E-state index contributed by atoms with van der Waals surface area (Å²) in [7, 11) is 0.